The molecule has 0 saturated heterocycles. The van der Waals surface area contributed by atoms with Crippen molar-refractivity contribution in [2.45, 2.75) is 59.9 Å². The van der Waals surface area contributed by atoms with Crippen LogP contribution in [-0.2, 0) is 6.42 Å². The third-order valence-corrected chi connectivity index (χ3v) is 3.43. The smallest absolute Gasteiger partial charge is 0.123 e. The lowest BCUT2D eigenvalue weighted by Gasteiger charge is -2.28. The van der Waals surface area contributed by atoms with Crippen LogP contribution in [0.4, 0.5) is 4.39 Å². The van der Waals surface area contributed by atoms with Crippen molar-refractivity contribution in [1.82, 2.24) is 5.32 Å². The van der Waals surface area contributed by atoms with Crippen LogP contribution in [0, 0.1) is 18.2 Å². The highest BCUT2D eigenvalue weighted by Crippen LogP contribution is 2.27. The van der Waals surface area contributed by atoms with Crippen LogP contribution in [-0.4, -0.2) is 12.1 Å². The largest absolute Gasteiger partial charge is 0.312 e. The molecule has 1 nitrogen and oxygen atoms in total. The molecule has 0 amide bonds. The topological polar surface area (TPSA) is 12.0 Å². The first-order valence-electron chi connectivity index (χ1n) is 7.09. The van der Waals surface area contributed by atoms with Crippen LogP contribution in [0.3, 0.4) is 0 Å². The predicted molar refractivity (Wildman–Crippen MR) is 81.0 cm³/mol. The van der Waals surface area contributed by atoms with E-state index in [2.05, 4.69) is 39.9 Å². The number of aryl methyl sites for hydroxylation is 1. The van der Waals surface area contributed by atoms with Gasteiger partial charge in [-0.2, -0.15) is 0 Å². The van der Waals surface area contributed by atoms with Crippen molar-refractivity contribution >= 4 is 0 Å². The molecule has 0 bridgehead atoms. The average molecular weight is 265 g/mol. The molecular formula is C17H28FN. The van der Waals surface area contributed by atoms with Crippen LogP contribution in [0.5, 0.6) is 0 Å². The normalized spacial score (nSPS) is 12.8. The summed E-state index contributed by atoms with van der Waals surface area (Å²) >= 11 is 0. The summed E-state index contributed by atoms with van der Waals surface area (Å²) in [6, 6.07) is 5.11. The molecule has 0 aromatic heterocycles. The molecule has 0 radical (unpaired) electrons. The Labute approximate surface area is 117 Å². The predicted octanol–water partition coefficient (Wildman–Crippen LogP) is 4.48. The third kappa shape index (κ3) is 6.20. The van der Waals surface area contributed by atoms with E-state index in [1.807, 2.05) is 13.0 Å². The molecule has 0 aliphatic carbocycles. The van der Waals surface area contributed by atoms with E-state index in [-0.39, 0.29) is 16.8 Å². The maximum atomic E-state index is 13.1. The number of halogens is 1. The van der Waals surface area contributed by atoms with Gasteiger partial charge in [0.15, 0.2) is 0 Å². The van der Waals surface area contributed by atoms with E-state index >= 15 is 0 Å². The number of rotatable bonds is 5. The fourth-order valence-corrected chi connectivity index (χ4v) is 2.24. The molecule has 0 spiro atoms. The molecule has 0 unspecified atom stereocenters. The summed E-state index contributed by atoms with van der Waals surface area (Å²) in [6.07, 6.45) is 2.10. The van der Waals surface area contributed by atoms with Gasteiger partial charge in [-0.25, -0.2) is 4.39 Å². The molecule has 0 saturated carbocycles. The van der Waals surface area contributed by atoms with Crippen LogP contribution in [0.25, 0.3) is 0 Å². The number of nitrogens with one attached hydrogen (secondary N) is 1. The fourth-order valence-electron chi connectivity index (χ4n) is 2.24. The molecule has 0 atom stereocenters. The minimum absolute atomic E-state index is 0.145. The van der Waals surface area contributed by atoms with Gasteiger partial charge in [0.2, 0.25) is 0 Å². The summed E-state index contributed by atoms with van der Waals surface area (Å²) in [7, 11) is 0. The zero-order valence-electron chi connectivity index (χ0n) is 13.2. The Kier molecular flexibility index (Phi) is 5.14. The number of benzene rings is 1. The van der Waals surface area contributed by atoms with Crippen molar-refractivity contribution in [2.75, 3.05) is 6.54 Å². The van der Waals surface area contributed by atoms with Crippen molar-refractivity contribution in [1.29, 1.82) is 0 Å². The Hall–Kier alpha value is -0.890. The zero-order chi connectivity index (χ0) is 14.7. The molecule has 0 aliphatic heterocycles. The summed E-state index contributed by atoms with van der Waals surface area (Å²) in [5, 5.41) is 3.53. The second-order valence-electron chi connectivity index (χ2n) is 7.34. The van der Waals surface area contributed by atoms with E-state index in [9.17, 15) is 4.39 Å². The summed E-state index contributed by atoms with van der Waals surface area (Å²) in [5.41, 5.74) is 2.70. The molecule has 1 aromatic carbocycles. The Bertz CT molecular complexity index is 416. The van der Waals surface area contributed by atoms with Crippen LogP contribution in [0.1, 0.15) is 52.2 Å². The van der Waals surface area contributed by atoms with E-state index < -0.39 is 0 Å². The molecule has 19 heavy (non-hydrogen) atoms. The van der Waals surface area contributed by atoms with Gasteiger partial charge in [-0.3, -0.25) is 0 Å². The van der Waals surface area contributed by atoms with Gasteiger partial charge >= 0.3 is 0 Å². The Morgan fingerprint density at radius 3 is 2.26 bits per heavy atom. The van der Waals surface area contributed by atoms with Gasteiger partial charge in [0.1, 0.15) is 5.82 Å². The first kappa shape index (κ1) is 16.2. The molecule has 0 aliphatic rings. The fraction of sp³-hybridized carbons (Fsp3) is 0.647. The minimum Gasteiger partial charge on any atom is -0.312 e. The summed E-state index contributed by atoms with van der Waals surface area (Å²) in [4.78, 5) is 0. The highest BCUT2D eigenvalue weighted by molar-refractivity contribution is 5.27. The van der Waals surface area contributed by atoms with Gasteiger partial charge in [-0.1, -0.05) is 19.9 Å². The quantitative estimate of drug-likeness (QED) is 0.827. The van der Waals surface area contributed by atoms with Gasteiger partial charge in [0.25, 0.3) is 0 Å². The molecule has 1 rings (SSSR count). The van der Waals surface area contributed by atoms with Gasteiger partial charge < -0.3 is 5.32 Å². The Morgan fingerprint density at radius 2 is 1.74 bits per heavy atom. The number of hydrogen-bond acceptors (Lipinski definition) is 1. The second kappa shape index (κ2) is 6.04. The molecule has 1 aromatic rings. The van der Waals surface area contributed by atoms with E-state index in [1.165, 1.54) is 5.56 Å². The van der Waals surface area contributed by atoms with E-state index in [0.717, 1.165) is 24.9 Å². The van der Waals surface area contributed by atoms with Gasteiger partial charge in [0.05, 0.1) is 0 Å². The summed E-state index contributed by atoms with van der Waals surface area (Å²) in [6.45, 7) is 14.1. The van der Waals surface area contributed by atoms with Crippen LogP contribution in [0.2, 0.25) is 0 Å². The average Bonchev–Trinajstić information content (AvgIpc) is 2.20. The number of hydrogen-bond donors (Lipinski definition) is 1. The second-order valence-corrected chi connectivity index (χ2v) is 7.34. The molecule has 2 heteroatoms. The Morgan fingerprint density at radius 1 is 1.11 bits per heavy atom. The molecule has 0 heterocycles. The van der Waals surface area contributed by atoms with E-state index in [0.29, 0.717) is 0 Å². The van der Waals surface area contributed by atoms with Gasteiger partial charge in [-0.15, -0.1) is 0 Å². The van der Waals surface area contributed by atoms with Crippen LogP contribution < -0.4 is 5.32 Å². The van der Waals surface area contributed by atoms with Crippen molar-refractivity contribution in [2.24, 2.45) is 5.41 Å². The monoisotopic (exact) mass is 265 g/mol. The summed E-state index contributed by atoms with van der Waals surface area (Å²) < 4.78 is 13.1. The molecule has 1 N–H and O–H groups in total. The standard InChI is InChI=1S/C17H28FN/c1-13-11-15(18)8-7-14(13)12-17(5,6)9-10-19-16(2,3)4/h7-8,11,19H,9-10,12H2,1-6H3. The van der Waals surface area contributed by atoms with Crippen molar-refractivity contribution in [3.05, 3.63) is 35.1 Å². The van der Waals surface area contributed by atoms with Crippen LogP contribution in [0.15, 0.2) is 18.2 Å². The van der Waals surface area contributed by atoms with Crippen molar-refractivity contribution in [3.63, 3.8) is 0 Å². The lowest BCUT2D eigenvalue weighted by molar-refractivity contribution is 0.302. The lowest BCUT2D eigenvalue weighted by atomic mass is 9.81. The van der Waals surface area contributed by atoms with Gasteiger partial charge in [-0.05, 0) is 75.8 Å². The van der Waals surface area contributed by atoms with Crippen molar-refractivity contribution in [3.8, 4) is 0 Å². The lowest BCUT2D eigenvalue weighted by Crippen LogP contribution is -2.38. The van der Waals surface area contributed by atoms with E-state index in [4.69, 9.17) is 0 Å². The zero-order valence-corrected chi connectivity index (χ0v) is 13.2. The third-order valence-electron chi connectivity index (χ3n) is 3.43. The maximum absolute atomic E-state index is 13.1. The van der Waals surface area contributed by atoms with E-state index in [1.54, 1.807) is 12.1 Å². The highest BCUT2D eigenvalue weighted by Gasteiger charge is 2.20. The van der Waals surface area contributed by atoms with Gasteiger partial charge in [0, 0.05) is 5.54 Å². The molecule has 0 fully saturated rings. The highest BCUT2D eigenvalue weighted by atomic mass is 19.1. The SMILES string of the molecule is Cc1cc(F)ccc1CC(C)(C)CCNC(C)(C)C. The first-order chi connectivity index (χ1) is 8.59. The molecular weight excluding hydrogens is 237 g/mol. The Balaban J connectivity index is 2.58. The first-order valence-corrected chi connectivity index (χ1v) is 7.09. The van der Waals surface area contributed by atoms with Crippen molar-refractivity contribution < 1.29 is 4.39 Å². The summed E-state index contributed by atoms with van der Waals surface area (Å²) in [5.74, 6) is -0.145. The van der Waals surface area contributed by atoms with Crippen LogP contribution >= 0.6 is 0 Å². The molecule has 108 valence electrons. The minimum atomic E-state index is -0.145. The maximum Gasteiger partial charge on any atom is 0.123 e.